The van der Waals surface area contributed by atoms with Gasteiger partial charge >= 0.3 is 0 Å². The molecule has 0 atom stereocenters. The smallest absolute Gasteiger partial charge is 0.00187 e. The molecule has 0 aromatic rings. The maximum Gasteiger partial charge on any atom is -0.00187 e. The van der Waals surface area contributed by atoms with Crippen molar-refractivity contribution in [3.8, 4) is 0 Å². The highest BCUT2D eigenvalue weighted by atomic mass is 15.1. The van der Waals surface area contributed by atoms with Gasteiger partial charge in [0.1, 0.15) is 0 Å². The average Bonchev–Trinajstić information content (AvgIpc) is 3.43. The predicted molar refractivity (Wildman–Crippen MR) is 104 cm³/mol. The molecule has 0 unspecified atom stereocenters. The highest BCUT2D eigenvalue weighted by Crippen LogP contribution is 2.31. The largest absolute Gasteiger partial charge is 0.303 e. The van der Waals surface area contributed by atoms with Gasteiger partial charge in [0.05, 0.1) is 0 Å². The van der Waals surface area contributed by atoms with Crippen LogP contribution in [-0.2, 0) is 0 Å². The van der Waals surface area contributed by atoms with Crippen molar-refractivity contribution in [1.82, 2.24) is 9.80 Å². The van der Waals surface area contributed by atoms with E-state index in [9.17, 15) is 0 Å². The zero-order valence-corrected chi connectivity index (χ0v) is 16.5. The maximum atomic E-state index is 2.57. The lowest BCUT2D eigenvalue weighted by molar-refractivity contribution is 0.229. The standard InChI is InChI=1S/2C8H17N.C5H10/c2*1-2-6-9-7-4-3-5-8-9;1-2-5-3-4-5/h2*2-8H2,1H3;5H,2-4H2,1H3. The third-order valence-electron chi connectivity index (χ3n) is 5.25. The zero-order valence-electron chi connectivity index (χ0n) is 16.5. The number of hydrogen-bond acceptors (Lipinski definition) is 2. The summed E-state index contributed by atoms with van der Waals surface area (Å²) in [4.78, 5) is 5.15. The molecular formula is C21H44N2. The van der Waals surface area contributed by atoms with Gasteiger partial charge in [-0.25, -0.2) is 0 Å². The first-order chi connectivity index (χ1) is 11.3. The summed E-state index contributed by atoms with van der Waals surface area (Å²) in [5.41, 5.74) is 0. The molecule has 2 aliphatic heterocycles. The van der Waals surface area contributed by atoms with E-state index in [4.69, 9.17) is 0 Å². The molecule has 1 saturated carbocycles. The van der Waals surface area contributed by atoms with Crippen molar-refractivity contribution in [3.05, 3.63) is 0 Å². The molecular weight excluding hydrogens is 280 g/mol. The minimum absolute atomic E-state index is 1.13. The van der Waals surface area contributed by atoms with E-state index >= 15 is 0 Å². The number of piperidine rings is 2. The van der Waals surface area contributed by atoms with E-state index in [1.807, 2.05) is 0 Å². The first kappa shape index (κ1) is 21.0. The van der Waals surface area contributed by atoms with Crippen LogP contribution in [-0.4, -0.2) is 49.1 Å². The van der Waals surface area contributed by atoms with Crippen molar-refractivity contribution in [3.63, 3.8) is 0 Å². The summed E-state index contributed by atoms with van der Waals surface area (Å²) in [6, 6.07) is 0. The van der Waals surface area contributed by atoms with E-state index in [2.05, 4.69) is 30.6 Å². The number of nitrogens with zero attached hydrogens (tertiary/aromatic N) is 2. The molecule has 0 N–H and O–H groups in total. The summed E-state index contributed by atoms with van der Waals surface area (Å²) in [6.07, 6.45) is 15.7. The van der Waals surface area contributed by atoms with E-state index in [1.165, 1.54) is 110 Å². The molecule has 0 amide bonds. The van der Waals surface area contributed by atoms with Gasteiger partial charge in [-0.05, 0) is 83.7 Å². The van der Waals surface area contributed by atoms with E-state index in [0.29, 0.717) is 0 Å². The third-order valence-corrected chi connectivity index (χ3v) is 5.25. The van der Waals surface area contributed by atoms with Crippen molar-refractivity contribution in [2.75, 3.05) is 39.3 Å². The van der Waals surface area contributed by atoms with Gasteiger partial charge in [0.2, 0.25) is 0 Å². The third kappa shape index (κ3) is 12.0. The SMILES string of the molecule is CCC1CC1.CCCN1CCCCC1.CCCN1CCCCC1. The molecule has 23 heavy (non-hydrogen) atoms. The van der Waals surface area contributed by atoms with Crippen LogP contribution in [0.1, 0.15) is 91.4 Å². The van der Waals surface area contributed by atoms with Crippen LogP contribution >= 0.6 is 0 Å². The highest BCUT2D eigenvalue weighted by molar-refractivity contribution is 4.69. The van der Waals surface area contributed by atoms with Crippen molar-refractivity contribution >= 4 is 0 Å². The minimum Gasteiger partial charge on any atom is -0.303 e. The molecule has 1 aliphatic carbocycles. The van der Waals surface area contributed by atoms with Crippen LogP contribution < -0.4 is 0 Å². The molecule has 2 heteroatoms. The Labute approximate surface area is 147 Å². The fourth-order valence-corrected chi connectivity index (χ4v) is 3.52. The summed E-state index contributed by atoms with van der Waals surface area (Å²) in [5.74, 6) is 1.13. The van der Waals surface area contributed by atoms with Gasteiger partial charge in [0.15, 0.2) is 0 Å². The molecule has 2 heterocycles. The Morgan fingerprint density at radius 3 is 1.22 bits per heavy atom. The van der Waals surface area contributed by atoms with Crippen LogP contribution in [0.25, 0.3) is 0 Å². The molecule has 3 fully saturated rings. The van der Waals surface area contributed by atoms with Gasteiger partial charge in [-0.1, -0.05) is 52.9 Å². The second-order valence-corrected chi connectivity index (χ2v) is 7.66. The fraction of sp³-hybridized carbons (Fsp3) is 1.00. The Morgan fingerprint density at radius 1 is 0.609 bits per heavy atom. The molecule has 2 nitrogen and oxygen atoms in total. The number of hydrogen-bond donors (Lipinski definition) is 0. The van der Waals surface area contributed by atoms with Crippen LogP contribution in [0.4, 0.5) is 0 Å². The lowest BCUT2D eigenvalue weighted by Gasteiger charge is -2.25. The Bertz CT molecular complexity index is 213. The van der Waals surface area contributed by atoms with Gasteiger partial charge in [-0.15, -0.1) is 0 Å². The topological polar surface area (TPSA) is 6.48 Å². The second-order valence-electron chi connectivity index (χ2n) is 7.66. The number of likely N-dealkylation sites (tertiary alicyclic amines) is 2. The second kappa shape index (κ2) is 14.3. The Morgan fingerprint density at radius 2 is 1.00 bits per heavy atom. The molecule has 2 saturated heterocycles. The van der Waals surface area contributed by atoms with Crippen molar-refractivity contribution in [2.24, 2.45) is 5.92 Å². The van der Waals surface area contributed by atoms with Crippen LogP contribution in [0.15, 0.2) is 0 Å². The van der Waals surface area contributed by atoms with Gasteiger partial charge < -0.3 is 9.80 Å². The fourth-order valence-electron chi connectivity index (χ4n) is 3.52. The van der Waals surface area contributed by atoms with Crippen molar-refractivity contribution in [2.45, 2.75) is 91.4 Å². The zero-order chi connectivity index (χ0) is 16.8. The summed E-state index contributed by atoms with van der Waals surface area (Å²) in [5, 5.41) is 0. The van der Waals surface area contributed by atoms with Gasteiger partial charge in [-0.3, -0.25) is 0 Å². The Kier molecular flexibility index (Phi) is 13.0. The molecule has 0 spiro atoms. The summed E-state index contributed by atoms with van der Waals surface area (Å²) >= 11 is 0. The Balaban J connectivity index is 0.000000180. The van der Waals surface area contributed by atoms with Crippen LogP contribution in [0.3, 0.4) is 0 Å². The van der Waals surface area contributed by atoms with E-state index in [0.717, 1.165) is 5.92 Å². The molecule has 3 aliphatic rings. The summed E-state index contributed by atoms with van der Waals surface area (Å²) < 4.78 is 0. The van der Waals surface area contributed by atoms with Gasteiger partial charge in [0.25, 0.3) is 0 Å². The van der Waals surface area contributed by atoms with Crippen molar-refractivity contribution < 1.29 is 0 Å². The van der Waals surface area contributed by atoms with Gasteiger partial charge in [0, 0.05) is 0 Å². The van der Waals surface area contributed by atoms with Crippen molar-refractivity contribution in [1.29, 1.82) is 0 Å². The molecule has 138 valence electrons. The molecule has 0 aromatic heterocycles. The van der Waals surface area contributed by atoms with Crippen LogP contribution in [0, 0.1) is 5.92 Å². The quantitative estimate of drug-likeness (QED) is 0.652. The number of rotatable bonds is 5. The lowest BCUT2D eigenvalue weighted by atomic mass is 10.1. The first-order valence-corrected chi connectivity index (χ1v) is 10.7. The average molecular weight is 325 g/mol. The predicted octanol–water partition coefficient (Wildman–Crippen LogP) is 5.57. The normalized spacial score (nSPS) is 22.6. The first-order valence-electron chi connectivity index (χ1n) is 10.7. The summed E-state index contributed by atoms with van der Waals surface area (Å²) in [6.45, 7) is 14.8. The maximum absolute atomic E-state index is 2.57. The van der Waals surface area contributed by atoms with Crippen LogP contribution in [0.2, 0.25) is 0 Å². The molecule has 3 rings (SSSR count). The molecule has 0 radical (unpaired) electrons. The Hall–Kier alpha value is -0.0800. The monoisotopic (exact) mass is 324 g/mol. The molecule has 0 aromatic carbocycles. The lowest BCUT2D eigenvalue weighted by Crippen LogP contribution is -2.30. The van der Waals surface area contributed by atoms with Gasteiger partial charge in [-0.2, -0.15) is 0 Å². The van der Waals surface area contributed by atoms with Crippen LogP contribution in [0.5, 0.6) is 0 Å². The van der Waals surface area contributed by atoms with E-state index < -0.39 is 0 Å². The summed E-state index contributed by atoms with van der Waals surface area (Å²) in [7, 11) is 0. The minimum atomic E-state index is 1.13. The molecule has 0 bridgehead atoms. The van der Waals surface area contributed by atoms with E-state index in [1.54, 1.807) is 0 Å². The highest BCUT2D eigenvalue weighted by Gasteiger charge is 2.17. The van der Waals surface area contributed by atoms with E-state index in [-0.39, 0.29) is 0 Å².